The summed E-state index contributed by atoms with van der Waals surface area (Å²) in [5.74, 6) is 0.759. The van der Waals surface area contributed by atoms with Gasteiger partial charge in [0.1, 0.15) is 12.1 Å². The van der Waals surface area contributed by atoms with Gasteiger partial charge in [-0.05, 0) is 17.7 Å². The highest BCUT2D eigenvalue weighted by atomic mass is 35.5. The summed E-state index contributed by atoms with van der Waals surface area (Å²) in [5, 5.41) is 0.262. The Hall–Kier alpha value is -1.88. The number of benzene rings is 1. The number of methoxy groups -OCH3 is 1. The summed E-state index contributed by atoms with van der Waals surface area (Å²) >= 11 is 5.94. The molecule has 0 aliphatic carbocycles. The molecule has 100 valence electrons. The minimum Gasteiger partial charge on any atom is -0.490 e. The van der Waals surface area contributed by atoms with E-state index in [9.17, 15) is 4.39 Å². The fraction of sp³-hybridized carbons (Fsp3) is 0.231. The van der Waals surface area contributed by atoms with E-state index in [1.165, 1.54) is 25.6 Å². The van der Waals surface area contributed by atoms with Crippen LogP contribution in [0.1, 0.15) is 5.56 Å². The van der Waals surface area contributed by atoms with Gasteiger partial charge in [-0.1, -0.05) is 23.7 Å². The number of hydrogen-bond donors (Lipinski definition) is 0. The maximum Gasteiger partial charge on any atom is 0.199 e. The van der Waals surface area contributed by atoms with Crippen LogP contribution in [0.4, 0.5) is 10.2 Å². The van der Waals surface area contributed by atoms with E-state index >= 15 is 0 Å². The summed E-state index contributed by atoms with van der Waals surface area (Å²) in [4.78, 5) is 9.88. The van der Waals surface area contributed by atoms with Gasteiger partial charge in [0, 0.05) is 13.6 Å². The Kier molecular flexibility index (Phi) is 4.16. The Bertz CT molecular complexity index is 562. The van der Waals surface area contributed by atoms with E-state index in [0.29, 0.717) is 18.1 Å². The molecule has 0 unspecified atom stereocenters. The molecule has 6 heteroatoms. The second kappa shape index (κ2) is 5.84. The normalized spacial score (nSPS) is 10.3. The minimum atomic E-state index is -0.255. The molecule has 19 heavy (non-hydrogen) atoms. The molecular weight excluding hydrogens is 269 g/mol. The number of rotatable bonds is 4. The lowest BCUT2D eigenvalue weighted by Gasteiger charge is -2.20. The Morgan fingerprint density at radius 1 is 1.26 bits per heavy atom. The molecule has 1 aromatic heterocycles. The van der Waals surface area contributed by atoms with Gasteiger partial charge in [-0.2, -0.15) is 0 Å². The molecular formula is C13H13ClFN3O. The third kappa shape index (κ3) is 3.12. The maximum atomic E-state index is 12.8. The number of aromatic nitrogens is 2. The predicted octanol–water partition coefficient (Wildman–Crippen LogP) is 2.91. The quantitative estimate of drug-likeness (QED) is 0.808. The van der Waals surface area contributed by atoms with Crippen LogP contribution in [-0.2, 0) is 6.54 Å². The molecule has 1 heterocycles. The highest BCUT2D eigenvalue weighted by Crippen LogP contribution is 2.31. The van der Waals surface area contributed by atoms with Gasteiger partial charge in [0.05, 0.1) is 7.11 Å². The van der Waals surface area contributed by atoms with Gasteiger partial charge in [0.25, 0.3) is 0 Å². The fourth-order valence-electron chi connectivity index (χ4n) is 1.73. The minimum absolute atomic E-state index is 0.255. The first-order valence-corrected chi connectivity index (χ1v) is 5.99. The number of halogens is 2. The van der Waals surface area contributed by atoms with Gasteiger partial charge in [0.2, 0.25) is 0 Å². The van der Waals surface area contributed by atoms with Crippen molar-refractivity contribution in [1.29, 1.82) is 0 Å². The third-order valence-electron chi connectivity index (χ3n) is 2.64. The van der Waals surface area contributed by atoms with Crippen molar-refractivity contribution in [3.8, 4) is 5.75 Å². The van der Waals surface area contributed by atoms with Crippen molar-refractivity contribution in [2.24, 2.45) is 0 Å². The van der Waals surface area contributed by atoms with Gasteiger partial charge >= 0.3 is 0 Å². The average Bonchev–Trinajstić information content (AvgIpc) is 2.41. The largest absolute Gasteiger partial charge is 0.490 e. The van der Waals surface area contributed by atoms with Crippen LogP contribution in [0.15, 0.2) is 30.6 Å². The van der Waals surface area contributed by atoms with E-state index in [1.807, 2.05) is 11.9 Å². The van der Waals surface area contributed by atoms with Crippen LogP contribution in [0, 0.1) is 5.82 Å². The van der Waals surface area contributed by atoms with E-state index in [4.69, 9.17) is 16.3 Å². The maximum absolute atomic E-state index is 12.8. The number of hydrogen-bond acceptors (Lipinski definition) is 4. The third-order valence-corrected chi connectivity index (χ3v) is 2.91. The van der Waals surface area contributed by atoms with Gasteiger partial charge in [0.15, 0.2) is 16.7 Å². The van der Waals surface area contributed by atoms with Crippen molar-refractivity contribution in [3.05, 3.63) is 47.1 Å². The van der Waals surface area contributed by atoms with Crippen LogP contribution in [-0.4, -0.2) is 24.1 Å². The summed E-state index contributed by atoms with van der Waals surface area (Å²) in [7, 11) is 3.37. The van der Waals surface area contributed by atoms with E-state index in [2.05, 4.69) is 9.97 Å². The molecule has 0 aliphatic heterocycles. The van der Waals surface area contributed by atoms with E-state index in [1.54, 1.807) is 12.1 Å². The summed E-state index contributed by atoms with van der Waals surface area (Å²) in [6.45, 7) is 0.560. The van der Waals surface area contributed by atoms with Crippen LogP contribution in [0.25, 0.3) is 0 Å². The lowest BCUT2D eigenvalue weighted by molar-refractivity contribution is 0.411. The highest BCUT2D eigenvalue weighted by Gasteiger charge is 2.14. The summed E-state index contributed by atoms with van der Waals surface area (Å²) in [5.41, 5.74) is 0.959. The molecule has 0 N–H and O–H groups in total. The molecule has 0 amide bonds. The van der Waals surface area contributed by atoms with Crippen LogP contribution in [0.3, 0.4) is 0 Å². The van der Waals surface area contributed by atoms with Crippen LogP contribution < -0.4 is 9.64 Å². The zero-order chi connectivity index (χ0) is 13.8. The first-order chi connectivity index (χ1) is 9.11. The van der Waals surface area contributed by atoms with E-state index in [-0.39, 0.29) is 11.0 Å². The van der Waals surface area contributed by atoms with Gasteiger partial charge in [-0.3, -0.25) is 0 Å². The number of nitrogens with zero attached hydrogens (tertiary/aromatic N) is 3. The van der Waals surface area contributed by atoms with Gasteiger partial charge < -0.3 is 9.64 Å². The van der Waals surface area contributed by atoms with E-state index in [0.717, 1.165) is 5.56 Å². The first kappa shape index (κ1) is 13.5. The van der Waals surface area contributed by atoms with Crippen LogP contribution in [0.2, 0.25) is 5.15 Å². The summed E-state index contributed by atoms with van der Waals surface area (Å²) in [6, 6.07) is 6.29. The zero-order valence-electron chi connectivity index (χ0n) is 10.6. The SMILES string of the molecule is COc1c(Cl)ncnc1N(C)Cc1ccc(F)cc1. The van der Waals surface area contributed by atoms with Crippen LogP contribution >= 0.6 is 11.6 Å². The van der Waals surface area contributed by atoms with Crippen LogP contribution in [0.5, 0.6) is 5.75 Å². The topological polar surface area (TPSA) is 38.3 Å². The molecule has 0 atom stereocenters. The molecule has 2 rings (SSSR count). The van der Waals surface area contributed by atoms with Crippen molar-refractivity contribution >= 4 is 17.4 Å². The lowest BCUT2D eigenvalue weighted by Crippen LogP contribution is -2.18. The van der Waals surface area contributed by atoms with Crippen molar-refractivity contribution in [1.82, 2.24) is 9.97 Å². The Morgan fingerprint density at radius 3 is 2.58 bits per heavy atom. The smallest absolute Gasteiger partial charge is 0.199 e. The van der Waals surface area contributed by atoms with E-state index < -0.39 is 0 Å². The molecule has 2 aromatic rings. The van der Waals surface area contributed by atoms with Crippen molar-refractivity contribution in [2.45, 2.75) is 6.54 Å². The second-order valence-electron chi connectivity index (χ2n) is 4.00. The second-order valence-corrected chi connectivity index (χ2v) is 4.36. The molecule has 0 saturated carbocycles. The molecule has 0 bridgehead atoms. The Labute approximate surface area is 115 Å². The molecule has 0 saturated heterocycles. The highest BCUT2D eigenvalue weighted by molar-refractivity contribution is 6.31. The molecule has 0 aliphatic rings. The molecule has 4 nitrogen and oxygen atoms in total. The molecule has 0 spiro atoms. The summed E-state index contributed by atoms with van der Waals surface area (Å²) in [6.07, 6.45) is 1.38. The monoisotopic (exact) mass is 281 g/mol. The lowest BCUT2D eigenvalue weighted by atomic mass is 10.2. The number of ether oxygens (including phenoxy) is 1. The fourth-order valence-corrected chi connectivity index (χ4v) is 1.94. The molecule has 1 aromatic carbocycles. The van der Waals surface area contributed by atoms with Crippen molar-refractivity contribution in [2.75, 3.05) is 19.1 Å². The zero-order valence-corrected chi connectivity index (χ0v) is 11.4. The van der Waals surface area contributed by atoms with Crippen molar-refractivity contribution < 1.29 is 9.13 Å². The Morgan fingerprint density at radius 2 is 1.95 bits per heavy atom. The molecule has 0 fully saturated rings. The van der Waals surface area contributed by atoms with Gasteiger partial charge in [-0.15, -0.1) is 0 Å². The standard InChI is InChI=1S/C13H13ClFN3O/c1-18(7-9-3-5-10(15)6-4-9)13-11(19-2)12(14)16-8-17-13/h3-6,8H,7H2,1-2H3. The molecule has 0 radical (unpaired) electrons. The predicted molar refractivity (Wildman–Crippen MR) is 72.1 cm³/mol. The van der Waals surface area contributed by atoms with Gasteiger partial charge in [-0.25, -0.2) is 14.4 Å². The average molecular weight is 282 g/mol. The first-order valence-electron chi connectivity index (χ1n) is 5.62. The van der Waals surface area contributed by atoms with Crippen molar-refractivity contribution in [3.63, 3.8) is 0 Å². The Balaban J connectivity index is 2.22. The number of anilines is 1. The summed E-state index contributed by atoms with van der Waals surface area (Å²) < 4.78 is 18.0.